The van der Waals surface area contributed by atoms with Crippen molar-refractivity contribution in [2.24, 2.45) is 46.8 Å². The van der Waals surface area contributed by atoms with Crippen LogP contribution in [0.3, 0.4) is 0 Å². The molecule has 0 nitrogen and oxygen atoms in total. The van der Waals surface area contributed by atoms with Gasteiger partial charge in [-0.15, -0.1) is 0 Å². The van der Waals surface area contributed by atoms with Crippen LogP contribution in [0.4, 0.5) is 0 Å². The fourth-order valence-electron chi connectivity index (χ4n) is 8.02. The molecule has 0 N–H and O–H groups in total. The molecule has 3 aliphatic carbocycles. The van der Waals surface area contributed by atoms with Gasteiger partial charge in [0, 0.05) is 0 Å². The van der Waals surface area contributed by atoms with Gasteiger partial charge in [0.05, 0.1) is 0 Å². The standard InChI is InChI=1S/C25H44.C2H6/c1-7-18(8-2)23-19(9-3)24-20(16-21(23)24)17(6)22(10-4)25(11-5)14-12-13-15-25;1-2/h18-24H,6-16H2,1-5H3;1-2H3. The van der Waals surface area contributed by atoms with E-state index in [1.165, 1.54) is 64.2 Å². The molecule has 0 aliphatic heterocycles. The van der Waals surface area contributed by atoms with Crippen LogP contribution in [-0.2, 0) is 0 Å². The summed E-state index contributed by atoms with van der Waals surface area (Å²) in [4.78, 5) is 0. The summed E-state index contributed by atoms with van der Waals surface area (Å²) in [6, 6.07) is 0. The van der Waals surface area contributed by atoms with Crippen LogP contribution in [0.15, 0.2) is 12.2 Å². The first-order valence-corrected chi connectivity index (χ1v) is 12.8. The molecule has 0 aromatic heterocycles. The van der Waals surface area contributed by atoms with Crippen molar-refractivity contribution in [2.75, 3.05) is 0 Å². The number of rotatable bonds is 9. The van der Waals surface area contributed by atoms with E-state index in [4.69, 9.17) is 6.58 Å². The van der Waals surface area contributed by atoms with E-state index in [2.05, 4.69) is 34.6 Å². The summed E-state index contributed by atoms with van der Waals surface area (Å²) in [5.74, 6) is 6.76. The van der Waals surface area contributed by atoms with Gasteiger partial charge in [-0.3, -0.25) is 0 Å². The summed E-state index contributed by atoms with van der Waals surface area (Å²) < 4.78 is 0. The first-order valence-electron chi connectivity index (χ1n) is 12.8. The molecular weight excluding hydrogens is 324 g/mol. The molecule has 0 amide bonds. The molecule has 0 saturated heterocycles. The van der Waals surface area contributed by atoms with Gasteiger partial charge in [0.1, 0.15) is 0 Å². The van der Waals surface area contributed by atoms with Gasteiger partial charge >= 0.3 is 0 Å². The van der Waals surface area contributed by atoms with Crippen LogP contribution in [-0.4, -0.2) is 0 Å². The summed E-state index contributed by atoms with van der Waals surface area (Å²) >= 11 is 0. The van der Waals surface area contributed by atoms with Crippen LogP contribution in [0, 0.1) is 46.8 Å². The zero-order valence-corrected chi connectivity index (χ0v) is 19.8. The van der Waals surface area contributed by atoms with Crippen LogP contribution < -0.4 is 0 Å². The average Bonchev–Trinajstić information content (AvgIpc) is 3.17. The van der Waals surface area contributed by atoms with Crippen molar-refractivity contribution >= 4 is 0 Å². The Bertz CT molecular complexity index is 451. The van der Waals surface area contributed by atoms with Gasteiger partial charge in [0.2, 0.25) is 0 Å². The molecule has 0 heteroatoms. The number of fused-ring (bicyclic) bond motifs is 1. The molecule has 6 atom stereocenters. The van der Waals surface area contributed by atoms with E-state index in [0.717, 1.165) is 41.4 Å². The van der Waals surface area contributed by atoms with Crippen LogP contribution in [0.1, 0.15) is 113 Å². The summed E-state index contributed by atoms with van der Waals surface area (Å²) in [6.45, 7) is 21.0. The van der Waals surface area contributed by atoms with Crippen molar-refractivity contribution in [3.8, 4) is 0 Å². The van der Waals surface area contributed by atoms with Crippen LogP contribution in [0.5, 0.6) is 0 Å². The zero-order valence-electron chi connectivity index (χ0n) is 19.8. The van der Waals surface area contributed by atoms with Crippen molar-refractivity contribution in [3.63, 3.8) is 0 Å². The monoisotopic (exact) mass is 374 g/mol. The van der Waals surface area contributed by atoms with Gasteiger partial charge in [0.15, 0.2) is 0 Å². The maximum absolute atomic E-state index is 4.78. The Balaban J connectivity index is 0.00000126. The Labute approximate surface area is 172 Å². The third kappa shape index (κ3) is 3.81. The quantitative estimate of drug-likeness (QED) is 0.353. The van der Waals surface area contributed by atoms with Gasteiger partial charge in [-0.1, -0.05) is 92.7 Å². The van der Waals surface area contributed by atoms with Gasteiger partial charge in [0.25, 0.3) is 0 Å². The average molecular weight is 375 g/mol. The molecule has 0 radical (unpaired) electrons. The Kier molecular flexibility index (Phi) is 8.51. The van der Waals surface area contributed by atoms with Crippen LogP contribution >= 0.6 is 0 Å². The molecular formula is C27H50. The van der Waals surface area contributed by atoms with E-state index >= 15 is 0 Å². The largest absolute Gasteiger partial charge is 0.0993 e. The van der Waals surface area contributed by atoms with E-state index in [0.29, 0.717) is 5.41 Å². The fourth-order valence-corrected chi connectivity index (χ4v) is 8.02. The predicted octanol–water partition coefficient (Wildman–Crippen LogP) is 8.91. The Morgan fingerprint density at radius 1 is 0.963 bits per heavy atom. The third-order valence-corrected chi connectivity index (χ3v) is 9.41. The third-order valence-electron chi connectivity index (χ3n) is 9.41. The maximum atomic E-state index is 4.78. The van der Waals surface area contributed by atoms with Gasteiger partial charge < -0.3 is 0 Å². The Morgan fingerprint density at radius 3 is 2.00 bits per heavy atom. The van der Waals surface area contributed by atoms with E-state index in [9.17, 15) is 0 Å². The number of allylic oxidation sites excluding steroid dienone is 1. The summed E-state index contributed by atoms with van der Waals surface area (Å²) in [5.41, 5.74) is 2.30. The molecule has 0 heterocycles. The second-order valence-electron chi connectivity index (χ2n) is 9.77. The lowest BCUT2D eigenvalue weighted by Crippen LogP contribution is -2.61. The molecule has 0 spiro atoms. The smallest absolute Gasteiger partial charge is 0.0149 e. The van der Waals surface area contributed by atoms with E-state index in [1.54, 1.807) is 5.57 Å². The molecule has 3 aliphatic rings. The second-order valence-corrected chi connectivity index (χ2v) is 9.77. The molecule has 0 aromatic carbocycles. The lowest BCUT2D eigenvalue weighted by molar-refractivity contribution is -0.168. The normalized spacial score (nSPS) is 34.7. The van der Waals surface area contributed by atoms with Gasteiger partial charge in [-0.2, -0.15) is 0 Å². The lowest BCUT2D eigenvalue weighted by atomic mass is 9.37. The van der Waals surface area contributed by atoms with Crippen molar-refractivity contribution in [3.05, 3.63) is 12.2 Å². The van der Waals surface area contributed by atoms with Crippen molar-refractivity contribution in [2.45, 2.75) is 113 Å². The van der Waals surface area contributed by atoms with Gasteiger partial charge in [-0.05, 0) is 78.9 Å². The molecule has 6 unspecified atom stereocenters. The molecule has 3 rings (SSSR count). The topological polar surface area (TPSA) is 0 Å². The SMILES string of the molecule is C=C(C1CC2C(C(CC)CC)C(CC)C12)C(CC)C1(CC)CCCC1.CC. The van der Waals surface area contributed by atoms with Crippen LogP contribution in [0.25, 0.3) is 0 Å². The first kappa shape index (κ1) is 23.0. The maximum Gasteiger partial charge on any atom is -0.0149 e. The molecule has 3 fully saturated rings. The molecule has 0 aromatic rings. The van der Waals surface area contributed by atoms with Crippen molar-refractivity contribution < 1.29 is 0 Å². The Morgan fingerprint density at radius 2 is 1.56 bits per heavy atom. The highest BCUT2D eigenvalue weighted by atomic mass is 14.7. The van der Waals surface area contributed by atoms with Crippen molar-refractivity contribution in [1.82, 2.24) is 0 Å². The van der Waals surface area contributed by atoms with E-state index < -0.39 is 0 Å². The highest BCUT2D eigenvalue weighted by molar-refractivity contribution is 5.22. The molecule has 3 saturated carbocycles. The highest BCUT2D eigenvalue weighted by Crippen LogP contribution is 2.68. The highest BCUT2D eigenvalue weighted by Gasteiger charge is 2.62. The number of hydrogen-bond donors (Lipinski definition) is 0. The minimum absolute atomic E-state index is 0.608. The molecule has 158 valence electrons. The zero-order chi connectivity index (χ0) is 20.2. The fraction of sp³-hybridized carbons (Fsp3) is 0.926. The van der Waals surface area contributed by atoms with Gasteiger partial charge in [-0.25, -0.2) is 0 Å². The van der Waals surface area contributed by atoms with Crippen molar-refractivity contribution in [1.29, 1.82) is 0 Å². The molecule has 0 bridgehead atoms. The minimum atomic E-state index is 0.608. The predicted molar refractivity (Wildman–Crippen MR) is 122 cm³/mol. The van der Waals surface area contributed by atoms with E-state index in [1.807, 2.05) is 13.8 Å². The van der Waals surface area contributed by atoms with E-state index in [-0.39, 0.29) is 0 Å². The summed E-state index contributed by atoms with van der Waals surface area (Å²) in [7, 11) is 0. The van der Waals surface area contributed by atoms with Crippen LogP contribution in [0.2, 0.25) is 0 Å². The summed E-state index contributed by atoms with van der Waals surface area (Å²) in [5, 5.41) is 0. The lowest BCUT2D eigenvalue weighted by Gasteiger charge is -2.67. The summed E-state index contributed by atoms with van der Waals surface area (Å²) in [6.07, 6.45) is 14.2. The minimum Gasteiger partial charge on any atom is -0.0993 e. The molecule has 27 heavy (non-hydrogen) atoms. The second kappa shape index (κ2) is 9.98. The first-order chi connectivity index (χ1) is 13.1. The number of hydrogen-bond acceptors (Lipinski definition) is 0. The Hall–Kier alpha value is -0.260.